The fourth-order valence-corrected chi connectivity index (χ4v) is 4.07. The van der Waals surface area contributed by atoms with Crippen molar-refractivity contribution in [3.05, 3.63) is 66.2 Å². The first-order valence-corrected chi connectivity index (χ1v) is 7.19. The van der Waals surface area contributed by atoms with Crippen LogP contribution in [0.25, 0.3) is 0 Å². The van der Waals surface area contributed by atoms with Crippen LogP contribution in [-0.2, 0) is 4.31 Å². The van der Waals surface area contributed by atoms with Crippen LogP contribution in [0.3, 0.4) is 0 Å². The summed E-state index contributed by atoms with van der Waals surface area (Å²) in [4.78, 5) is 0. The van der Waals surface area contributed by atoms with Crippen LogP contribution in [0.2, 0.25) is 0 Å². The summed E-state index contributed by atoms with van der Waals surface area (Å²) in [5, 5.41) is 0. The van der Waals surface area contributed by atoms with Crippen molar-refractivity contribution in [2.24, 2.45) is 0 Å². The molecule has 0 nitrogen and oxygen atoms in total. The van der Waals surface area contributed by atoms with Gasteiger partial charge in [-0.15, -0.1) is 0 Å². The van der Waals surface area contributed by atoms with E-state index in [2.05, 4.69) is 74.5 Å². The van der Waals surface area contributed by atoms with Crippen molar-refractivity contribution in [1.29, 1.82) is 0 Å². The average Bonchev–Trinajstić information content (AvgIpc) is 2.31. The zero-order chi connectivity index (χ0) is 11.4. The third-order valence-electron chi connectivity index (χ3n) is 2.59. The van der Waals surface area contributed by atoms with Crippen molar-refractivity contribution in [1.82, 2.24) is 0 Å². The predicted octanol–water partition coefficient (Wildman–Crippen LogP) is 2.95. The Morgan fingerprint density at radius 3 is 1.81 bits per heavy atom. The van der Waals surface area contributed by atoms with E-state index in [-0.39, 0.29) is 4.31 Å². The third kappa shape index (κ3) is 2.75. The van der Waals surface area contributed by atoms with E-state index in [1.165, 1.54) is 10.0 Å². The van der Waals surface area contributed by atoms with Crippen LogP contribution in [-0.4, -0.2) is 15.0 Å². The minimum atomic E-state index is 0.260. The molecular weight excluding hydrogens is 259 g/mol. The molecule has 2 aromatic carbocycles. The van der Waals surface area contributed by atoms with Crippen molar-refractivity contribution in [3.8, 4) is 0 Å². The standard InChI is InChI=1S/C15H16Se/c1-15(2,13-9-5-3-6-10-13)16-14-11-7-4-8-12-14/h3-12H,1-2H3. The summed E-state index contributed by atoms with van der Waals surface area (Å²) >= 11 is 0.468. The summed E-state index contributed by atoms with van der Waals surface area (Å²) in [6.07, 6.45) is 0. The molecule has 0 spiro atoms. The van der Waals surface area contributed by atoms with E-state index in [9.17, 15) is 0 Å². The Balaban J connectivity index is 2.21. The second-order valence-electron chi connectivity index (χ2n) is 4.29. The van der Waals surface area contributed by atoms with E-state index in [0.717, 1.165) is 0 Å². The molecule has 2 aromatic rings. The summed E-state index contributed by atoms with van der Waals surface area (Å²) < 4.78 is 1.72. The second kappa shape index (κ2) is 4.86. The molecule has 0 amide bonds. The van der Waals surface area contributed by atoms with Gasteiger partial charge in [0.2, 0.25) is 0 Å². The Kier molecular flexibility index (Phi) is 3.48. The van der Waals surface area contributed by atoms with E-state index < -0.39 is 0 Å². The molecule has 0 aliphatic carbocycles. The maximum atomic E-state index is 2.33. The van der Waals surface area contributed by atoms with Gasteiger partial charge in [-0.2, -0.15) is 0 Å². The van der Waals surface area contributed by atoms with E-state index in [1.807, 2.05) is 0 Å². The van der Waals surface area contributed by atoms with Gasteiger partial charge in [-0.05, 0) is 0 Å². The SMILES string of the molecule is CC(C)([Se]c1ccccc1)c1ccccc1. The normalized spacial score (nSPS) is 11.4. The van der Waals surface area contributed by atoms with Crippen molar-refractivity contribution >= 4 is 19.4 Å². The van der Waals surface area contributed by atoms with Gasteiger partial charge in [0, 0.05) is 0 Å². The van der Waals surface area contributed by atoms with Gasteiger partial charge in [-0.1, -0.05) is 0 Å². The quantitative estimate of drug-likeness (QED) is 0.756. The van der Waals surface area contributed by atoms with Gasteiger partial charge in [-0.3, -0.25) is 0 Å². The summed E-state index contributed by atoms with van der Waals surface area (Å²) in [6.45, 7) is 4.66. The van der Waals surface area contributed by atoms with Gasteiger partial charge in [0.1, 0.15) is 0 Å². The van der Waals surface area contributed by atoms with Crippen molar-refractivity contribution in [2.45, 2.75) is 18.2 Å². The third-order valence-corrected chi connectivity index (χ3v) is 5.22. The summed E-state index contributed by atoms with van der Waals surface area (Å²) in [5.74, 6) is 0. The molecule has 0 aliphatic rings. The first-order valence-electron chi connectivity index (χ1n) is 5.48. The van der Waals surface area contributed by atoms with E-state index in [4.69, 9.17) is 0 Å². The minimum absolute atomic E-state index is 0.260. The topological polar surface area (TPSA) is 0 Å². The molecule has 0 heterocycles. The Morgan fingerprint density at radius 2 is 1.25 bits per heavy atom. The molecule has 0 atom stereocenters. The van der Waals surface area contributed by atoms with E-state index >= 15 is 0 Å². The van der Waals surface area contributed by atoms with Crippen LogP contribution >= 0.6 is 0 Å². The molecule has 1 heteroatoms. The zero-order valence-corrected chi connectivity index (χ0v) is 11.4. The van der Waals surface area contributed by atoms with Gasteiger partial charge < -0.3 is 0 Å². The van der Waals surface area contributed by atoms with Gasteiger partial charge in [0.15, 0.2) is 0 Å². The molecule has 0 aliphatic heterocycles. The molecule has 82 valence electrons. The van der Waals surface area contributed by atoms with Crippen LogP contribution in [0.4, 0.5) is 0 Å². The number of rotatable bonds is 3. The molecule has 0 saturated carbocycles. The maximum absolute atomic E-state index is 2.33. The van der Waals surface area contributed by atoms with Gasteiger partial charge >= 0.3 is 104 Å². The second-order valence-corrected chi connectivity index (χ2v) is 7.85. The first kappa shape index (κ1) is 11.4. The summed E-state index contributed by atoms with van der Waals surface area (Å²) in [6, 6.07) is 21.6. The predicted molar refractivity (Wildman–Crippen MR) is 71.3 cm³/mol. The fraction of sp³-hybridized carbons (Fsp3) is 0.200. The molecular formula is C15H16Se. The Hall–Kier alpha value is -1.04. The summed E-state index contributed by atoms with van der Waals surface area (Å²) in [7, 11) is 0. The Labute approximate surface area is 104 Å². The van der Waals surface area contributed by atoms with Gasteiger partial charge in [0.05, 0.1) is 0 Å². The van der Waals surface area contributed by atoms with E-state index in [0.29, 0.717) is 15.0 Å². The molecule has 0 aromatic heterocycles. The van der Waals surface area contributed by atoms with Crippen LogP contribution in [0.5, 0.6) is 0 Å². The number of benzene rings is 2. The molecule has 0 radical (unpaired) electrons. The van der Waals surface area contributed by atoms with Crippen molar-refractivity contribution < 1.29 is 0 Å². The van der Waals surface area contributed by atoms with E-state index in [1.54, 1.807) is 0 Å². The molecule has 0 fully saturated rings. The van der Waals surface area contributed by atoms with Crippen LogP contribution < -0.4 is 4.46 Å². The monoisotopic (exact) mass is 276 g/mol. The number of hydrogen-bond acceptors (Lipinski definition) is 0. The van der Waals surface area contributed by atoms with Gasteiger partial charge in [0.25, 0.3) is 0 Å². The van der Waals surface area contributed by atoms with Crippen LogP contribution in [0, 0.1) is 0 Å². The molecule has 2 rings (SSSR count). The van der Waals surface area contributed by atoms with Crippen LogP contribution in [0.15, 0.2) is 60.7 Å². The zero-order valence-electron chi connectivity index (χ0n) is 9.68. The molecule has 0 saturated heterocycles. The molecule has 16 heavy (non-hydrogen) atoms. The van der Waals surface area contributed by atoms with Crippen molar-refractivity contribution in [2.75, 3.05) is 0 Å². The fourth-order valence-electron chi connectivity index (χ4n) is 1.68. The van der Waals surface area contributed by atoms with Crippen LogP contribution in [0.1, 0.15) is 19.4 Å². The van der Waals surface area contributed by atoms with Crippen molar-refractivity contribution in [3.63, 3.8) is 0 Å². The Morgan fingerprint density at radius 1 is 0.750 bits per heavy atom. The molecule has 0 bridgehead atoms. The Bertz CT molecular complexity index is 432. The summed E-state index contributed by atoms with van der Waals surface area (Å²) in [5.41, 5.74) is 1.43. The molecule has 0 unspecified atom stereocenters. The number of hydrogen-bond donors (Lipinski definition) is 0. The molecule has 0 N–H and O–H groups in total. The average molecular weight is 275 g/mol. The van der Waals surface area contributed by atoms with Gasteiger partial charge in [-0.25, -0.2) is 0 Å². The first-order chi connectivity index (χ1) is 7.68.